The first kappa shape index (κ1) is 23.0. The van der Waals surface area contributed by atoms with Gasteiger partial charge in [0.25, 0.3) is 0 Å². The molecule has 0 aliphatic heterocycles. The fraction of sp³-hybridized carbons (Fsp3) is 0.308. The van der Waals surface area contributed by atoms with Crippen molar-refractivity contribution in [1.82, 2.24) is 0 Å². The van der Waals surface area contributed by atoms with Crippen molar-refractivity contribution in [2.75, 3.05) is 0 Å². The van der Waals surface area contributed by atoms with Crippen molar-refractivity contribution in [2.24, 2.45) is 0 Å². The SMILES string of the molecule is CCc1cccc(OP(=O)(Oc2ccccc2)Oc2cccc(CC)c2CC)c1CC. The van der Waals surface area contributed by atoms with Gasteiger partial charge in [-0.25, -0.2) is 0 Å². The number of rotatable bonds is 10. The van der Waals surface area contributed by atoms with Gasteiger partial charge in [0, 0.05) is 0 Å². The van der Waals surface area contributed by atoms with Crippen molar-refractivity contribution in [2.45, 2.75) is 53.4 Å². The molecule has 0 atom stereocenters. The van der Waals surface area contributed by atoms with Gasteiger partial charge in [-0.1, -0.05) is 70.2 Å². The maximum atomic E-state index is 14.0. The summed E-state index contributed by atoms with van der Waals surface area (Å²) in [7, 11) is -4.03. The third kappa shape index (κ3) is 5.51. The molecule has 3 rings (SSSR count). The summed E-state index contributed by atoms with van der Waals surface area (Å²) in [4.78, 5) is 0. The molecule has 0 heterocycles. The second-order valence-corrected chi connectivity index (χ2v) is 8.68. The molecule has 4 nitrogen and oxygen atoms in total. The van der Waals surface area contributed by atoms with Crippen LogP contribution < -0.4 is 13.6 Å². The van der Waals surface area contributed by atoms with Crippen LogP contribution in [0.4, 0.5) is 0 Å². The fourth-order valence-electron chi connectivity index (χ4n) is 3.77. The van der Waals surface area contributed by atoms with Gasteiger partial charge in [0.2, 0.25) is 0 Å². The molecule has 31 heavy (non-hydrogen) atoms. The summed E-state index contributed by atoms with van der Waals surface area (Å²) in [5.41, 5.74) is 4.36. The minimum atomic E-state index is -4.03. The first-order valence-corrected chi connectivity index (χ1v) is 12.4. The van der Waals surface area contributed by atoms with Gasteiger partial charge in [-0.3, -0.25) is 0 Å². The van der Waals surface area contributed by atoms with Crippen molar-refractivity contribution in [3.63, 3.8) is 0 Å². The third-order valence-corrected chi connectivity index (χ3v) is 6.58. The van der Waals surface area contributed by atoms with E-state index in [9.17, 15) is 4.57 Å². The largest absolute Gasteiger partial charge is 0.647 e. The van der Waals surface area contributed by atoms with E-state index in [1.54, 1.807) is 12.1 Å². The summed E-state index contributed by atoms with van der Waals surface area (Å²) in [5, 5.41) is 0. The van der Waals surface area contributed by atoms with Crippen molar-refractivity contribution < 1.29 is 18.1 Å². The Kier molecular flexibility index (Phi) is 7.81. The number of phosphoric acid groups is 1. The predicted octanol–water partition coefficient (Wildman–Crippen LogP) is 7.58. The Hall–Kier alpha value is -2.71. The average Bonchev–Trinajstić information content (AvgIpc) is 2.79. The highest BCUT2D eigenvalue weighted by Crippen LogP contribution is 2.51. The van der Waals surface area contributed by atoms with E-state index in [4.69, 9.17) is 13.6 Å². The molecule has 3 aromatic carbocycles. The summed E-state index contributed by atoms with van der Waals surface area (Å²) in [6.45, 7) is 8.31. The van der Waals surface area contributed by atoms with Crippen LogP contribution in [0.3, 0.4) is 0 Å². The first-order chi connectivity index (χ1) is 15.0. The number of aryl methyl sites for hydroxylation is 2. The number of hydrogen-bond donors (Lipinski definition) is 0. The maximum Gasteiger partial charge on any atom is 0.647 e. The Bertz CT molecular complexity index is 985. The number of phosphoric ester groups is 1. The number of para-hydroxylation sites is 1. The molecular weight excluding hydrogens is 407 g/mol. The monoisotopic (exact) mass is 438 g/mol. The smallest absolute Gasteiger partial charge is 0.386 e. The van der Waals surface area contributed by atoms with Gasteiger partial charge in [-0.05, 0) is 72.2 Å². The Labute approximate surface area is 185 Å². The molecule has 0 radical (unpaired) electrons. The molecule has 164 valence electrons. The summed E-state index contributed by atoms with van der Waals surface area (Å²) in [6, 6.07) is 20.6. The summed E-state index contributed by atoms with van der Waals surface area (Å²) >= 11 is 0. The van der Waals surface area contributed by atoms with Crippen LogP contribution in [-0.4, -0.2) is 0 Å². The summed E-state index contributed by atoms with van der Waals surface area (Å²) < 4.78 is 32.0. The van der Waals surface area contributed by atoms with Crippen LogP contribution in [0.25, 0.3) is 0 Å². The highest BCUT2D eigenvalue weighted by atomic mass is 31.2. The Morgan fingerprint density at radius 3 is 1.48 bits per heavy atom. The highest BCUT2D eigenvalue weighted by molar-refractivity contribution is 7.49. The molecule has 0 bridgehead atoms. The molecule has 0 saturated carbocycles. The zero-order chi connectivity index (χ0) is 22.3. The van der Waals surface area contributed by atoms with Gasteiger partial charge in [0.05, 0.1) is 0 Å². The lowest BCUT2D eigenvalue weighted by Crippen LogP contribution is -2.10. The van der Waals surface area contributed by atoms with Gasteiger partial charge in [-0.15, -0.1) is 0 Å². The van der Waals surface area contributed by atoms with Crippen molar-refractivity contribution in [3.8, 4) is 17.2 Å². The minimum Gasteiger partial charge on any atom is -0.386 e. The fourth-order valence-corrected chi connectivity index (χ4v) is 5.08. The molecule has 0 aliphatic rings. The molecule has 0 unspecified atom stereocenters. The molecule has 5 heteroatoms. The first-order valence-electron chi connectivity index (χ1n) is 11.0. The van der Waals surface area contributed by atoms with Crippen LogP contribution in [0.5, 0.6) is 17.2 Å². The Morgan fingerprint density at radius 2 is 1.06 bits per heavy atom. The van der Waals surface area contributed by atoms with Gasteiger partial charge < -0.3 is 13.6 Å². The normalized spacial score (nSPS) is 11.2. The molecule has 0 aromatic heterocycles. The maximum absolute atomic E-state index is 14.0. The predicted molar refractivity (Wildman–Crippen MR) is 126 cm³/mol. The van der Waals surface area contributed by atoms with Crippen LogP contribution in [0.2, 0.25) is 0 Å². The summed E-state index contributed by atoms with van der Waals surface area (Å²) in [5.74, 6) is 1.50. The van der Waals surface area contributed by atoms with Crippen molar-refractivity contribution in [3.05, 3.63) is 89.0 Å². The number of hydrogen-bond acceptors (Lipinski definition) is 4. The van der Waals surface area contributed by atoms with E-state index in [1.165, 1.54) is 0 Å². The van der Waals surface area contributed by atoms with Crippen LogP contribution in [-0.2, 0) is 30.2 Å². The van der Waals surface area contributed by atoms with E-state index >= 15 is 0 Å². The molecule has 0 amide bonds. The zero-order valence-corrected chi connectivity index (χ0v) is 19.7. The quantitative estimate of drug-likeness (QED) is 0.306. The Balaban J connectivity index is 2.04. The van der Waals surface area contributed by atoms with Crippen LogP contribution in [0.15, 0.2) is 66.7 Å². The molecule has 0 aliphatic carbocycles. The second kappa shape index (κ2) is 10.5. The topological polar surface area (TPSA) is 44.8 Å². The van der Waals surface area contributed by atoms with E-state index in [0.717, 1.165) is 47.9 Å². The average molecular weight is 439 g/mol. The lowest BCUT2D eigenvalue weighted by atomic mass is 10.0. The van der Waals surface area contributed by atoms with E-state index in [-0.39, 0.29) is 0 Å². The van der Waals surface area contributed by atoms with Crippen LogP contribution in [0.1, 0.15) is 49.9 Å². The lowest BCUT2D eigenvalue weighted by Gasteiger charge is -2.23. The summed E-state index contributed by atoms with van der Waals surface area (Å²) in [6.07, 6.45) is 3.25. The molecule has 0 spiro atoms. The van der Waals surface area contributed by atoms with Crippen molar-refractivity contribution in [1.29, 1.82) is 0 Å². The number of benzene rings is 3. The van der Waals surface area contributed by atoms with E-state index < -0.39 is 7.82 Å². The Morgan fingerprint density at radius 1 is 0.581 bits per heavy atom. The third-order valence-electron chi connectivity index (χ3n) is 5.31. The molecule has 3 aromatic rings. The highest BCUT2D eigenvalue weighted by Gasteiger charge is 2.35. The van der Waals surface area contributed by atoms with Crippen LogP contribution in [0, 0.1) is 0 Å². The minimum absolute atomic E-state index is 0.431. The molecule has 0 fully saturated rings. The lowest BCUT2D eigenvalue weighted by molar-refractivity contribution is 0.296. The van der Waals surface area contributed by atoms with Crippen molar-refractivity contribution >= 4 is 7.82 Å². The molecule has 0 saturated heterocycles. The van der Waals surface area contributed by atoms with E-state index in [2.05, 4.69) is 39.8 Å². The van der Waals surface area contributed by atoms with Crippen LogP contribution >= 0.6 is 7.82 Å². The van der Waals surface area contributed by atoms with Gasteiger partial charge in [0.15, 0.2) is 0 Å². The molecular formula is C26H31O4P. The van der Waals surface area contributed by atoms with E-state index in [1.807, 2.05) is 42.5 Å². The van der Waals surface area contributed by atoms with Gasteiger partial charge in [-0.2, -0.15) is 4.57 Å². The van der Waals surface area contributed by atoms with E-state index in [0.29, 0.717) is 17.2 Å². The second-order valence-electron chi connectivity index (χ2n) is 7.24. The van der Waals surface area contributed by atoms with Gasteiger partial charge in [0.1, 0.15) is 17.2 Å². The van der Waals surface area contributed by atoms with Gasteiger partial charge >= 0.3 is 7.82 Å². The standard InChI is InChI=1S/C26H31O4P/c1-5-20-14-12-18-25(23(20)7-3)29-31(27,28-22-16-10-9-11-17-22)30-26-19-13-15-21(6-2)24(26)8-4/h9-19H,5-8H2,1-4H3. The zero-order valence-electron chi connectivity index (χ0n) is 18.8. The molecule has 0 N–H and O–H groups in total.